The standard InChI is InChI=1S/C19H13N3O4/c23-19(16-7-4-8-17(13-16)22(24)25)26-21-18(14-5-2-1-3-6-14)15-9-11-20-12-10-15/h1-13H/b21-18+. The maximum absolute atomic E-state index is 12.2. The van der Waals surface area contributed by atoms with E-state index in [1.807, 2.05) is 30.3 Å². The SMILES string of the molecule is O=C(O/N=C(\c1ccccc1)c1ccncc1)c1cccc([N+](=O)[O-])c1. The third kappa shape index (κ3) is 3.96. The molecular formula is C19H13N3O4. The molecule has 26 heavy (non-hydrogen) atoms. The molecule has 0 atom stereocenters. The van der Waals surface area contributed by atoms with Gasteiger partial charge in [0.2, 0.25) is 0 Å². The number of carbonyl (C=O) groups excluding carboxylic acids is 1. The number of nitrogens with zero attached hydrogens (tertiary/aromatic N) is 3. The second kappa shape index (κ2) is 7.80. The third-order valence-corrected chi connectivity index (χ3v) is 3.51. The van der Waals surface area contributed by atoms with Gasteiger partial charge in [-0.05, 0) is 18.2 Å². The molecule has 0 spiro atoms. The summed E-state index contributed by atoms with van der Waals surface area (Å²) in [5, 5.41) is 14.8. The Morgan fingerprint density at radius 1 is 0.923 bits per heavy atom. The second-order valence-corrected chi connectivity index (χ2v) is 5.23. The van der Waals surface area contributed by atoms with Crippen LogP contribution in [0.25, 0.3) is 0 Å². The van der Waals surface area contributed by atoms with Crippen molar-refractivity contribution in [2.45, 2.75) is 0 Å². The summed E-state index contributed by atoms with van der Waals surface area (Å²) in [5.74, 6) is -0.781. The predicted molar refractivity (Wildman–Crippen MR) is 94.8 cm³/mol. The number of non-ortho nitro benzene ring substituents is 1. The van der Waals surface area contributed by atoms with E-state index in [-0.39, 0.29) is 11.3 Å². The lowest BCUT2D eigenvalue weighted by Crippen LogP contribution is -2.08. The number of hydrogen-bond donors (Lipinski definition) is 0. The monoisotopic (exact) mass is 347 g/mol. The largest absolute Gasteiger partial charge is 0.366 e. The number of benzene rings is 2. The van der Waals surface area contributed by atoms with Crippen LogP contribution in [0.4, 0.5) is 5.69 Å². The van der Waals surface area contributed by atoms with Crippen molar-refractivity contribution in [3.63, 3.8) is 0 Å². The molecule has 0 bridgehead atoms. The number of pyridine rings is 1. The Bertz CT molecular complexity index is 915. The van der Waals surface area contributed by atoms with Crippen LogP contribution in [-0.2, 0) is 4.84 Å². The zero-order chi connectivity index (χ0) is 18.4. The van der Waals surface area contributed by atoms with Crippen molar-refractivity contribution < 1.29 is 14.6 Å². The van der Waals surface area contributed by atoms with E-state index in [1.165, 1.54) is 18.2 Å². The van der Waals surface area contributed by atoms with Crippen molar-refractivity contribution in [2.24, 2.45) is 5.16 Å². The molecule has 0 saturated carbocycles. The summed E-state index contributed by atoms with van der Waals surface area (Å²) in [6, 6.07) is 18.0. The highest BCUT2D eigenvalue weighted by Gasteiger charge is 2.14. The molecule has 3 rings (SSSR count). The highest BCUT2D eigenvalue weighted by molar-refractivity contribution is 6.12. The lowest BCUT2D eigenvalue weighted by Gasteiger charge is -2.06. The minimum atomic E-state index is -0.781. The minimum Gasteiger partial charge on any atom is -0.312 e. The van der Waals surface area contributed by atoms with E-state index in [9.17, 15) is 14.9 Å². The zero-order valence-corrected chi connectivity index (χ0v) is 13.5. The first-order valence-electron chi connectivity index (χ1n) is 7.65. The molecule has 1 heterocycles. The average molecular weight is 347 g/mol. The quantitative estimate of drug-likeness (QED) is 0.304. The summed E-state index contributed by atoms with van der Waals surface area (Å²) in [6.07, 6.45) is 3.21. The first-order valence-corrected chi connectivity index (χ1v) is 7.65. The van der Waals surface area contributed by atoms with Gasteiger partial charge in [0.05, 0.1) is 10.5 Å². The molecule has 0 N–H and O–H groups in total. The fourth-order valence-electron chi connectivity index (χ4n) is 2.26. The number of nitro groups is 1. The average Bonchev–Trinajstić information content (AvgIpc) is 2.69. The maximum atomic E-state index is 12.2. The van der Waals surface area contributed by atoms with Crippen molar-refractivity contribution >= 4 is 17.4 Å². The Labute approximate surface area is 148 Å². The van der Waals surface area contributed by atoms with Gasteiger partial charge in [-0.25, -0.2) is 4.79 Å². The minimum absolute atomic E-state index is 0.0464. The molecule has 0 aliphatic heterocycles. The van der Waals surface area contributed by atoms with Gasteiger partial charge in [-0.15, -0.1) is 0 Å². The van der Waals surface area contributed by atoms with Crippen molar-refractivity contribution in [2.75, 3.05) is 0 Å². The van der Waals surface area contributed by atoms with E-state index in [0.717, 1.165) is 17.2 Å². The van der Waals surface area contributed by atoms with Crippen LogP contribution in [-0.4, -0.2) is 21.6 Å². The van der Waals surface area contributed by atoms with E-state index < -0.39 is 10.9 Å². The van der Waals surface area contributed by atoms with Gasteiger partial charge in [0.25, 0.3) is 5.69 Å². The molecule has 2 aromatic carbocycles. The zero-order valence-electron chi connectivity index (χ0n) is 13.5. The number of aromatic nitrogens is 1. The van der Waals surface area contributed by atoms with Gasteiger partial charge < -0.3 is 4.84 Å². The molecule has 3 aromatic rings. The Balaban J connectivity index is 1.91. The van der Waals surface area contributed by atoms with Crippen LogP contribution in [0.15, 0.2) is 84.3 Å². The predicted octanol–water partition coefficient (Wildman–Crippen LogP) is 3.60. The Kier molecular flexibility index (Phi) is 5.09. The highest BCUT2D eigenvalue weighted by atomic mass is 16.7. The molecule has 0 aliphatic carbocycles. The second-order valence-electron chi connectivity index (χ2n) is 5.23. The van der Waals surface area contributed by atoms with Crippen LogP contribution in [0.2, 0.25) is 0 Å². The van der Waals surface area contributed by atoms with Crippen LogP contribution < -0.4 is 0 Å². The van der Waals surface area contributed by atoms with Crippen LogP contribution in [0.1, 0.15) is 21.5 Å². The summed E-state index contributed by atoms with van der Waals surface area (Å²) in [7, 11) is 0. The van der Waals surface area contributed by atoms with Crippen LogP contribution >= 0.6 is 0 Å². The number of carbonyl (C=O) groups is 1. The summed E-state index contributed by atoms with van der Waals surface area (Å²) in [5.41, 5.74) is 1.78. The molecule has 0 fully saturated rings. The van der Waals surface area contributed by atoms with Gasteiger partial charge in [0.15, 0.2) is 0 Å². The van der Waals surface area contributed by atoms with Gasteiger partial charge >= 0.3 is 5.97 Å². The summed E-state index contributed by atoms with van der Waals surface area (Å²) < 4.78 is 0. The van der Waals surface area contributed by atoms with Crippen molar-refractivity contribution in [3.05, 3.63) is 106 Å². The van der Waals surface area contributed by atoms with Gasteiger partial charge in [0.1, 0.15) is 5.71 Å². The van der Waals surface area contributed by atoms with E-state index in [1.54, 1.807) is 24.5 Å². The van der Waals surface area contributed by atoms with Crippen molar-refractivity contribution in [1.29, 1.82) is 0 Å². The summed E-state index contributed by atoms with van der Waals surface area (Å²) in [6.45, 7) is 0. The van der Waals surface area contributed by atoms with Crippen molar-refractivity contribution in [3.8, 4) is 0 Å². The van der Waals surface area contributed by atoms with E-state index in [4.69, 9.17) is 4.84 Å². The van der Waals surface area contributed by atoms with E-state index in [0.29, 0.717) is 5.71 Å². The molecule has 0 radical (unpaired) electrons. The van der Waals surface area contributed by atoms with E-state index in [2.05, 4.69) is 10.1 Å². The van der Waals surface area contributed by atoms with E-state index >= 15 is 0 Å². The maximum Gasteiger partial charge on any atom is 0.366 e. The number of nitro benzene ring substituents is 1. The molecule has 0 amide bonds. The smallest absolute Gasteiger partial charge is 0.312 e. The Morgan fingerprint density at radius 3 is 2.27 bits per heavy atom. The molecule has 1 aromatic heterocycles. The topological polar surface area (TPSA) is 94.7 Å². The van der Waals surface area contributed by atoms with Crippen LogP contribution in [0, 0.1) is 10.1 Å². The van der Waals surface area contributed by atoms with Crippen molar-refractivity contribution in [1.82, 2.24) is 4.98 Å². The molecule has 0 saturated heterocycles. The molecule has 128 valence electrons. The first kappa shape index (κ1) is 17.0. The third-order valence-electron chi connectivity index (χ3n) is 3.51. The van der Waals surface area contributed by atoms with Gasteiger partial charge in [0, 0.05) is 35.7 Å². The highest BCUT2D eigenvalue weighted by Crippen LogP contribution is 2.15. The molecule has 0 aliphatic rings. The summed E-state index contributed by atoms with van der Waals surface area (Å²) >= 11 is 0. The fraction of sp³-hybridized carbons (Fsp3) is 0. The van der Waals surface area contributed by atoms with Gasteiger partial charge in [-0.2, -0.15) is 0 Å². The molecule has 0 unspecified atom stereocenters. The fourth-order valence-corrected chi connectivity index (χ4v) is 2.26. The lowest BCUT2D eigenvalue weighted by molar-refractivity contribution is -0.384. The summed E-state index contributed by atoms with van der Waals surface area (Å²) in [4.78, 5) is 31.5. The molecule has 7 nitrogen and oxygen atoms in total. The van der Waals surface area contributed by atoms with Crippen LogP contribution in [0.5, 0.6) is 0 Å². The number of rotatable bonds is 5. The van der Waals surface area contributed by atoms with Crippen LogP contribution in [0.3, 0.4) is 0 Å². The Hall–Kier alpha value is -3.87. The number of hydrogen-bond acceptors (Lipinski definition) is 6. The molecular weight excluding hydrogens is 334 g/mol. The number of oxime groups is 1. The normalized spacial score (nSPS) is 11.0. The molecule has 7 heteroatoms. The Morgan fingerprint density at radius 2 is 1.58 bits per heavy atom. The van der Waals surface area contributed by atoms with Gasteiger partial charge in [-0.3, -0.25) is 15.1 Å². The van der Waals surface area contributed by atoms with Gasteiger partial charge in [-0.1, -0.05) is 41.6 Å². The first-order chi connectivity index (χ1) is 12.6. The lowest BCUT2D eigenvalue weighted by atomic mass is 10.0.